The molecule has 104 valence electrons. The lowest BCUT2D eigenvalue weighted by molar-refractivity contribution is 1.33. The number of hydrogen-bond donors (Lipinski definition) is 1. The summed E-state index contributed by atoms with van der Waals surface area (Å²) in [6.07, 6.45) is 4.34. The first-order valence-electron chi connectivity index (χ1n) is 7.00. The van der Waals surface area contributed by atoms with Crippen LogP contribution < -0.4 is 0 Å². The Hall–Kier alpha value is -2.02. The number of rotatable bonds is 3. The average molecular weight is 265 g/mol. The SMILES string of the molecule is C=C(C)/C=C(\C=C(C)C)c1[nH]c2cc(C)ccc2c1C. The van der Waals surface area contributed by atoms with Gasteiger partial charge in [-0.1, -0.05) is 42.0 Å². The van der Waals surface area contributed by atoms with Crippen LogP contribution in [0.5, 0.6) is 0 Å². The summed E-state index contributed by atoms with van der Waals surface area (Å²) < 4.78 is 0. The van der Waals surface area contributed by atoms with E-state index in [0.29, 0.717) is 0 Å². The zero-order valence-electron chi connectivity index (χ0n) is 13.1. The Balaban J connectivity index is 2.68. The summed E-state index contributed by atoms with van der Waals surface area (Å²) in [5.74, 6) is 0. The van der Waals surface area contributed by atoms with Crippen LogP contribution in [-0.4, -0.2) is 4.98 Å². The second kappa shape index (κ2) is 5.54. The molecule has 0 saturated heterocycles. The lowest BCUT2D eigenvalue weighted by Gasteiger charge is -2.04. The molecule has 1 aromatic heterocycles. The van der Waals surface area contributed by atoms with Gasteiger partial charge in [-0.3, -0.25) is 0 Å². The van der Waals surface area contributed by atoms with Crippen LogP contribution in [0.3, 0.4) is 0 Å². The Morgan fingerprint density at radius 3 is 2.40 bits per heavy atom. The smallest absolute Gasteiger partial charge is 0.0494 e. The van der Waals surface area contributed by atoms with Crippen molar-refractivity contribution in [2.24, 2.45) is 0 Å². The van der Waals surface area contributed by atoms with Crippen molar-refractivity contribution in [3.63, 3.8) is 0 Å². The molecule has 2 rings (SSSR count). The standard InChI is InChI=1S/C19H23N/c1-12(2)9-16(10-13(3)4)19-15(6)17-8-7-14(5)11-18(17)20-19/h7-11,20H,1H2,2-6H3/b16-9+. The van der Waals surface area contributed by atoms with Crippen LogP contribution in [0.4, 0.5) is 0 Å². The monoisotopic (exact) mass is 265 g/mol. The molecule has 1 N–H and O–H groups in total. The maximum Gasteiger partial charge on any atom is 0.0494 e. The molecule has 0 unspecified atom stereocenters. The summed E-state index contributed by atoms with van der Waals surface area (Å²) in [5, 5.41) is 1.29. The van der Waals surface area contributed by atoms with Gasteiger partial charge in [0.15, 0.2) is 0 Å². The summed E-state index contributed by atoms with van der Waals surface area (Å²) in [6, 6.07) is 6.56. The summed E-state index contributed by atoms with van der Waals surface area (Å²) in [5.41, 5.74) is 8.51. The van der Waals surface area contributed by atoms with E-state index in [-0.39, 0.29) is 0 Å². The van der Waals surface area contributed by atoms with Crippen molar-refractivity contribution in [3.05, 3.63) is 64.9 Å². The first-order chi connectivity index (χ1) is 9.38. The minimum atomic E-state index is 1.06. The van der Waals surface area contributed by atoms with Crippen LogP contribution in [0.2, 0.25) is 0 Å². The maximum atomic E-state index is 4.01. The molecule has 0 saturated carbocycles. The number of allylic oxidation sites excluding steroid dienone is 5. The highest BCUT2D eigenvalue weighted by Crippen LogP contribution is 2.29. The molecule has 0 fully saturated rings. The van der Waals surface area contributed by atoms with E-state index in [1.807, 2.05) is 6.92 Å². The van der Waals surface area contributed by atoms with Gasteiger partial charge in [0.05, 0.1) is 0 Å². The molecule has 2 aromatic rings. The van der Waals surface area contributed by atoms with Crippen LogP contribution in [-0.2, 0) is 0 Å². The van der Waals surface area contributed by atoms with E-state index in [1.54, 1.807) is 0 Å². The Labute approximate surface area is 121 Å². The van der Waals surface area contributed by atoms with Crippen LogP contribution in [0, 0.1) is 13.8 Å². The van der Waals surface area contributed by atoms with Crippen molar-refractivity contribution in [1.82, 2.24) is 4.98 Å². The van der Waals surface area contributed by atoms with Gasteiger partial charge < -0.3 is 4.98 Å². The van der Waals surface area contributed by atoms with E-state index in [2.05, 4.69) is 69.6 Å². The second-order valence-electron chi connectivity index (χ2n) is 5.84. The Kier molecular flexibility index (Phi) is 3.99. The third-order valence-electron chi connectivity index (χ3n) is 3.35. The molecule has 0 radical (unpaired) electrons. The molecule has 1 heterocycles. The zero-order chi connectivity index (χ0) is 14.9. The largest absolute Gasteiger partial charge is 0.354 e. The van der Waals surface area contributed by atoms with E-state index >= 15 is 0 Å². The third-order valence-corrected chi connectivity index (χ3v) is 3.35. The zero-order valence-corrected chi connectivity index (χ0v) is 13.1. The predicted octanol–water partition coefficient (Wildman–Crippen LogP) is 5.71. The van der Waals surface area contributed by atoms with E-state index in [1.165, 1.54) is 38.9 Å². The Bertz CT molecular complexity index is 720. The van der Waals surface area contributed by atoms with Crippen molar-refractivity contribution < 1.29 is 0 Å². The second-order valence-corrected chi connectivity index (χ2v) is 5.84. The molecule has 0 spiro atoms. The minimum absolute atomic E-state index is 1.06. The van der Waals surface area contributed by atoms with E-state index in [9.17, 15) is 0 Å². The molecular weight excluding hydrogens is 242 g/mol. The highest BCUT2D eigenvalue weighted by atomic mass is 14.7. The van der Waals surface area contributed by atoms with Crippen LogP contribution >= 0.6 is 0 Å². The average Bonchev–Trinajstić information content (AvgIpc) is 2.64. The van der Waals surface area contributed by atoms with Crippen molar-refractivity contribution in [3.8, 4) is 0 Å². The van der Waals surface area contributed by atoms with Gasteiger partial charge in [-0.2, -0.15) is 0 Å². The maximum absolute atomic E-state index is 4.01. The number of H-pyrrole nitrogens is 1. The minimum Gasteiger partial charge on any atom is -0.354 e. The number of aromatic nitrogens is 1. The predicted molar refractivity (Wildman–Crippen MR) is 90.0 cm³/mol. The molecule has 0 aliphatic heterocycles. The molecular formula is C19H23N. The number of hydrogen-bond acceptors (Lipinski definition) is 0. The first kappa shape index (κ1) is 14.4. The van der Waals surface area contributed by atoms with Crippen molar-refractivity contribution in [2.75, 3.05) is 0 Å². The summed E-state index contributed by atoms with van der Waals surface area (Å²) >= 11 is 0. The molecule has 0 amide bonds. The number of aryl methyl sites for hydroxylation is 2. The van der Waals surface area contributed by atoms with Crippen molar-refractivity contribution >= 4 is 16.5 Å². The van der Waals surface area contributed by atoms with E-state index in [4.69, 9.17) is 0 Å². The molecule has 1 nitrogen and oxygen atoms in total. The lowest BCUT2D eigenvalue weighted by Crippen LogP contribution is -1.86. The van der Waals surface area contributed by atoms with E-state index < -0.39 is 0 Å². The number of benzene rings is 1. The summed E-state index contributed by atoms with van der Waals surface area (Å²) in [4.78, 5) is 3.56. The van der Waals surface area contributed by atoms with Gasteiger partial charge in [0.2, 0.25) is 0 Å². The van der Waals surface area contributed by atoms with Gasteiger partial charge in [-0.25, -0.2) is 0 Å². The van der Waals surface area contributed by atoms with Crippen LogP contribution in [0.25, 0.3) is 16.5 Å². The number of aromatic amines is 1. The molecule has 1 aromatic carbocycles. The fraction of sp³-hybridized carbons (Fsp3) is 0.263. The number of nitrogens with one attached hydrogen (secondary N) is 1. The first-order valence-corrected chi connectivity index (χ1v) is 7.00. The third kappa shape index (κ3) is 2.93. The van der Waals surface area contributed by atoms with Gasteiger partial charge in [-0.15, -0.1) is 0 Å². The highest BCUT2D eigenvalue weighted by molar-refractivity contribution is 5.91. The summed E-state index contributed by atoms with van der Waals surface area (Å²) in [7, 11) is 0. The van der Waals surface area contributed by atoms with Gasteiger partial charge in [0.25, 0.3) is 0 Å². The highest BCUT2D eigenvalue weighted by Gasteiger charge is 2.10. The molecule has 0 aliphatic rings. The van der Waals surface area contributed by atoms with Gasteiger partial charge in [-0.05, 0) is 57.4 Å². The molecule has 0 atom stereocenters. The van der Waals surface area contributed by atoms with Crippen LogP contribution in [0.1, 0.15) is 37.6 Å². The Morgan fingerprint density at radius 2 is 1.80 bits per heavy atom. The van der Waals surface area contributed by atoms with Crippen LogP contribution in [0.15, 0.2) is 48.1 Å². The quantitative estimate of drug-likeness (QED) is 0.684. The molecule has 20 heavy (non-hydrogen) atoms. The van der Waals surface area contributed by atoms with Crippen molar-refractivity contribution in [1.29, 1.82) is 0 Å². The lowest BCUT2D eigenvalue weighted by atomic mass is 10.0. The van der Waals surface area contributed by atoms with E-state index in [0.717, 1.165) is 5.57 Å². The van der Waals surface area contributed by atoms with Gasteiger partial charge in [0.1, 0.15) is 0 Å². The topological polar surface area (TPSA) is 15.8 Å². The van der Waals surface area contributed by atoms with Crippen molar-refractivity contribution in [2.45, 2.75) is 34.6 Å². The Morgan fingerprint density at radius 1 is 1.10 bits per heavy atom. The fourth-order valence-electron chi connectivity index (χ4n) is 2.50. The number of fused-ring (bicyclic) bond motifs is 1. The molecule has 0 bridgehead atoms. The van der Waals surface area contributed by atoms with Gasteiger partial charge >= 0.3 is 0 Å². The normalized spacial score (nSPS) is 11.8. The summed E-state index contributed by atoms with van der Waals surface area (Å²) in [6.45, 7) is 14.6. The molecule has 0 aliphatic carbocycles. The fourth-order valence-corrected chi connectivity index (χ4v) is 2.50. The molecule has 1 heteroatoms. The van der Waals surface area contributed by atoms with Gasteiger partial charge in [0, 0.05) is 16.6 Å².